The summed E-state index contributed by atoms with van der Waals surface area (Å²) in [5.41, 5.74) is 6.97. The van der Waals surface area contributed by atoms with Crippen molar-refractivity contribution in [1.82, 2.24) is 0 Å². The maximum absolute atomic E-state index is 2.37. The number of rotatable bonds is 1. The summed E-state index contributed by atoms with van der Waals surface area (Å²) in [6.45, 7) is 2.16. The molecule has 0 unspecified atom stereocenters. The lowest BCUT2D eigenvalue weighted by molar-refractivity contribution is 0.976. The van der Waals surface area contributed by atoms with Crippen LogP contribution in [0.4, 0.5) is 0 Å². The van der Waals surface area contributed by atoms with Gasteiger partial charge in [-0.25, -0.2) is 0 Å². The number of aryl methyl sites for hydroxylation is 2. The van der Waals surface area contributed by atoms with Crippen molar-refractivity contribution in [3.05, 3.63) is 76.9 Å². The van der Waals surface area contributed by atoms with E-state index < -0.39 is 0 Å². The molecule has 0 spiro atoms. The maximum Gasteiger partial charge on any atom is -0.0146 e. The fourth-order valence-corrected chi connectivity index (χ4v) is 2.53. The molecule has 17 heavy (non-hydrogen) atoms. The minimum absolute atomic E-state index is 1.15. The van der Waals surface area contributed by atoms with Crippen molar-refractivity contribution in [3.8, 4) is 0 Å². The Balaban J connectivity index is 2.14. The zero-order valence-corrected chi connectivity index (χ0v) is 10.1. The van der Waals surface area contributed by atoms with Crippen LogP contribution in [-0.4, -0.2) is 0 Å². The van der Waals surface area contributed by atoms with Gasteiger partial charge in [0.25, 0.3) is 0 Å². The van der Waals surface area contributed by atoms with E-state index in [0.717, 1.165) is 6.42 Å². The van der Waals surface area contributed by atoms with E-state index in [1.54, 1.807) is 0 Å². The minimum Gasteiger partial charge on any atom is -0.0757 e. The Hall–Kier alpha value is -1.82. The van der Waals surface area contributed by atoms with Gasteiger partial charge in [-0.1, -0.05) is 60.2 Å². The van der Waals surface area contributed by atoms with Crippen molar-refractivity contribution in [2.45, 2.75) is 19.8 Å². The van der Waals surface area contributed by atoms with Gasteiger partial charge in [-0.05, 0) is 42.0 Å². The largest absolute Gasteiger partial charge is 0.0757 e. The average Bonchev–Trinajstić information content (AvgIpc) is 2.39. The standard InChI is InChI=1S/C17H16/c1-13-10-11-15-8-5-9-16(17(15)12-13)14-6-3-2-4-7-14/h2-4,6-7,9-12H,5,8H2,1H3. The van der Waals surface area contributed by atoms with Crippen LogP contribution in [0.2, 0.25) is 0 Å². The third kappa shape index (κ3) is 1.91. The first-order valence-corrected chi connectivity index (χ1v) is 6.20. The zero-order valence-electron chi connectivity index (χ0n) is 10.1. The molecule has 0 aromatic heterocycles. The molecular formula is C17H16. The molecule has 0 heteroatoms. The van der Waals surface area contributed by atoms with Crippen molar-refractivity contribution in [1.29, 1.82) is 0 Å². The topological polar surface area (TPSA) is 0 Å². The fourth-order valence-electron chi connectivity index (χ4n) is 2.53. The second-order valence-corrected chi connectivity index (χ2v) is 4.68. The Bertz CT molecular complexity index is 562. The molecule has 0 amide bonds. The third-order valence-electron chi connectivity index (χ3n) is 3.40. The molecule has 1 aliphatic carbocycles. The minimum atomic E-state index is 1.15. The Morgan fingerprint density at radius 3 is 2.59 bits per heavy atom. The van der Waals surface area contributed by atoms with Crippen LogP contribution >= 0.6 is 0 Å². The highest BCUT2D eigenvalue weighted by Gasteiger charge is 2.13. The zero-order chi connectivity index (χ0) is 11.7. The van der Waals surface area contributed by atoms with Crippen molar-refractivity contribution < 1.29 is 0 Å². The summed E-state index contributed by atoms with van der Waals surface area (Å²) in [4.78, 5) is 0. The molecular weight excluding hydrogens is 204 g/mol. The maximum atomic E-state index is 2.37. The molecule has 3 rings (SSSR count). The highest BCUT2D eigenvalue weighted by Crippen LogP contribution is 2.32. The number of benzene rings is 2. The summed E-state index contributed by atoms with van der Waals surface area (Å²) in [5.74, 6) is 0. The normalized spacial score (nSPS) is 14.1. The number of hydrogen-bond acceptors (Lipinski definition) is 0. The molecule has 0 saturated carbocycles. The predicted octanol–water partition coefficient (Wildman–Crippen LogP) is 4.37. The smallest absolute Gasteiger partial charge is 0.0146 e. The van der Waals surface area contributed by atoms with E-state index >= 15 is 0 Å². The Morgan fingerprint density at radius 2 is 1.76 bits per heavy atom. The van der Waals surface area contributed by atoms with Crippen LogP contribution < -0.4 is 0 Å². The second-order valence-electron chi connectivity index (χ2n) is 4.68. The lowest BCUT2D eigenvalue weighted by Crippen LogP contribution is -2.01. The predicted molar refractivity (Wildman–Crippen MR) is 73.0 cm³/mol. The van der Waals surface area contributed by atoms with E-state index in [-0.39, 0.29) is 0 Å². The van der Waals surface area contributed by atoms with Crippen molar-refractivity contribution in [2.75, 3.05) is 0 Å². The third-order valence-corrected chi connectivity index (χ3v) is 3.40. The quantitative estimate of drug-likeness (QED) is 0.669. The van der Waals surface area contributed by atoms with E-state index in [4.69, 9.17) is 0 Å². The molecule has 0 aliphatic heterocycles. The Kier molecular flexibility index (Phi) is 2.56. The molecule has 0 fully saturated rings. The fraction of sp³-hybridized carbons (Fsp3) is 0.176. The summed E-state index contributed by atoms with van der Waals surface area (Å²) >= 11 is 0. The van der Waals surface area contributed by atoms with E-state index in [9.17, 15) is 0 Å². The highest BCUT2D eigenvalue weighted by molar-refractivity contribution is 5.82. The van der Waals surface area contributed by atoms with Gasteiger partial charge in [0.05, 0.1) is 0 Å². The molecule has 84 valence electrons. The monoisotopic (exact) mass is 220 g/mol. The molecule has 2 aromatic rings. The van der Waals surface area contributed by atoms with Crippen LogP contribution in [0.1, 0.15) is 28.7 Å². The van der Waals surface area contributed by atoms with E-state index in [1.165, 1.54) is 34.2 Å². The second kappa shape index (κ2) is 4.21. The number of hydrogen-bond donors (Lipinski definition) is 0. The molecule has 0 radical (unpaired) electrons. The molecule has 0 N–H and O–H groups in total. The highest BCUT2D eigenvalue weighted by atomic mass is 14.2. The van der Waals surface area contributed by atoms with Crippen LogP contribution in [-0.2, 0) is 6.42 Å². The van der Waals surface area contributed by atoms with Gasteiger partial charge in [0.2, 0.25) is 0 Å². The first kappa shape index (κ1) is 10.3. The molecule has 2 aromatic carbocycles. The SMILES string of the molecule is Cc1ccc2c(c1)C(c1ccccc1)=CCC2. The Labute approximate surface area is 103 Å². The van der Waals surface area contributed by atoms with Crippen molar-refractivity contribution >= 4 is 5.57 Å². The number of allylic oxidation sites excluding steroid dienone is 1. The van der Waals surface area contributed by atoms with Gasteiger partial charge in [-0.2, -0.15) is 0 Å². The molecule has 1 aliphatic rings. The van der Waals surface area contributed by atoms with Crippen molar-refractivity contribution in [2.24, 2.45) is 0 Å². The van der Waals surface area contributed by atoms with Crippen LogP contribution in [0.25, 0.3) is 5.57 Å². The van der Waals surface area contributed by atoms with Gasteiger partial charge in [0, 0.05) is 0 Å². The lowest BCUT2D eigenvalue weighted by atomic mass is 9.86. The molecule has 0 nitrogen and oxygen atoms in total. The molecule has 0 bridgehead atoms. The first-order chi connectivity index (χ1) is 8.34. The summed E-state index contributed by atoms with van der Waals surface area (Å²) < 4.78 is 0. The molecule has 0 atom stereocenters. The lowest BCUT2D eigenvalue weighted by Gasteiger charge is -2.18. The van der Waals surface area contributed by atoms with E-state index in [2.05, 4.69) is 61.5 Å². The van der Waals surface area contributed by atoms with Crippen molar-refractivity contribution in [3.63, 3.8) is 0 Å². The van der Waals surface area contributed by atoms with E-state index in [0.29, 0.717) is 0 Å². The summed E-state index contributed by atoms with van der Waals surface area (Å²) in [6, 6.07) is 17.5. The first-order valence-electron chi connectivity index (χ1n) is 6.20. The summed E-state index contributed by atoms with van der Waals surface area (Å²) in [6.07, 6.45) is 4.70. The number of fused-ring (bicyclic) bond motifs is 1. The van der Waals surface area contributed by atoms with Crippen LogP contribution in [0.5, 0.6) is 0 Å². The van der Waals surface area contributed by atoms with E-state index in [1.807, 2.05) is 0 Å². The van der Waals surface area contributed by atoms with Gasteiger partial charge in [-0.3, -0.25) is 0 Å². The summed E-state index contributed by atoms with van der Waals surface area (Å²) in [5, 5.41) is 0. The average molecular weight is 220 g/mol. The summed E-state index contributed by atoms with van der Waals surface area (Å²) in [7, 11) is 0. The Morgan fingerprint density at radius 1 is 0.941 bits per heavy atom. The van der Waals surface area contributed by atoms with Crippen LogP contribution in [0.15, 0.2) is 54.6 Å². The van der Waals surface area contributed by atoms with Gasteiger partial charge in [-0.15, -0.1) is 0 Å². The van der Waals surface area contributed by atoms with Gasteiger partial charge < -0.3 is 0 Å². The van der Waals surface area contributed by atoms with Gasteiger partial charge in [0.1, 0.15) is 0 Å². The molecule has 0 saturated heterocycles. The molecule has 0 heterocycles. The van der Waals surface area contributed by atoms with Gasteiger partial charge >= 0.3 is 0 Å². The van der Waals surface area contributed by atoms with Crippen LogP contribution in [0.3, 0.4) is 0 Å². The van der Waals surface area contributed by atoms with Crippen LogP contribution in [0, 0.1) is 6.92 Å². The van der Waals surface area contributed by atoms with Gasteiger partial charge in [0.15, 0.2) is 0 Å².